The van der Waals surface area contributed by atoms with Crippen LogP contribution in [0.2, 0.25) is 0 Å². The third-order valence-electron chi connectivity index (χ3n) is 3.62. The molecular formula is C19H16O5. The molecule has 0 saturated heterocycles. The van der Waals surface area contributed by atoms with Gasteiger partial charge < -0.3 is 13.9 Å². The zero-order valence-corrected chi connectivity index (χ0v) is 13.4. The van der Waals surface area contributed by atoms with Crippen molar-refractivity contribution in [3.8, 4) is 17.1 Å². The van der Waals surface area contributed by atoms with Gasteiger partial charge in [-0.05, 0) is 25.1 Å². The van der Waals surface area contributed by atoms with E-state index < -0.39 is 5.97 Å². The molecule has 0 aliphatic heterocycles. The molecule has 0 unspecified atom stereocenters. The molecule has 0 fully saturated rings. The monoisotopic (exact) mass is 324 g/mol. The Hall–Kier alpha value is -3.08. The topological polar surface area (TPSA) is 65.7 Å². The molecular weight excluding hydrogens is 308 g/mol. The first kappa shape index (κ1) is 15.8. The largest absolute Gasteiger partial charge is 0.482 e. The molecule has 0 radical (unpaired) electrons. The van der Waals surface area contributed by atoms with Gasteiger partial charge in [-0.3, -0.25) is 4.79 Å². The fourth-order valence-corrected chi connectivity index (χ4v) is 2.29. The minimum absolute atomic E-state index is 0.171. The summed E-state index contributed by atoms with van der Waals surface area (Å²) in [7, 11) is 1.29. The quantitative estimate of drug-likeness (QED) is 0.689. The highest BCUT2D eigenvalue weighted by Crippen LogP contribution is 2.24. The maximum absolute atomic E-state index is 12.4. The maximum atomic E-state index is 12.4. The number of rotatable bonds is 4. The summed E-state index contributed by atoms with van der Waals surface area (Å²) in [4.78, 5) is 23.5. The van der Waals surface area contributed by atoms with Crippen LogP contribution in [0.1, 0.15) is 5.56 Å². The van der Waals surface area contributed by atoms with Crippen LogP contribution in [0.5, 0.6) is 5.75 Å². The molecule has 3 aromatic rings. The van der Waals surface area contributed by atoms with Crippen LogP contribution in [-0.2, 0) is 9.53 Å². The molecule has 0 atom stereocenters. The molecule has 0 amide bonds. The van der Waals surface area contributed by atoms with E-state index in [-0.39, 0.29) is 12.0 Å². The number of aryl methyl sites for hydroxylation is 1. The van der Waals surface area contributed by atoms with Gasteiger partial charge in [0.15, 0.2) is 12.0 Å². The second-order valence-corrected chi connectivity index (χ2v) is 5.36. The summed E-state index contributed by atoms with van der Waals surface area (Å²) >= 11 is 0. The van der Waals surface area contributed by atoms with E-state index in [1.165, 1.54) is 13.2 Å². The van der Waals surface area contributed by atoms with Gasteiger partial charge in [-0.15, -0.1) is 0 Å². The van der Waals surface area contributed by atoms with Crippen molar-refractivity contribution in [1.29, 1.82) is 0 Å². The van der Waals surface area contributed by atoms with Crippen molar-refractivity contribution >= 4 is 16.9 Å². The van der Waals surface area contributed by atoms with Crippen molar-refractivity contribution in [3.05, 3.63) is 64.3 Å². The Morgan fingerprint density at radius 1 is 1.08 bits per heavy atom. The Balaban J connectivity index is 1.96. The Bertz CT molecular complexity index is 938. The molecule has 122 valence electrons. The van der Waals surface area contributed by atoms with Gasteiger partial charge in [0.05, 0.1) is 12.5 Å². The van der Waals surface area contributed by atoms with Gasteiger partial charge in [0.2, 0.25) is 0 Å². The van der Waals surface area contributed by atoms with Gasteiger partial charge in [0.25, 0.3) is 0 Å². The van der Waals surface area contributed by atoms with Crippen molar-refractivity contribution in [2.75, 3.05) is 13.7 Å². The van der Waals surface area contributed by atoms with Gasteiger partial charge in [-0.2, -0.15) is 0 Å². The van der Waals surface area contributed by atoms with E-state index in [9.17, 15) is 9.59 Å². The van der Waals surface area contributed by atoms with Crippen molar-refractivity contribution in [2.45, 2.75) is 6.92 Å². The van der Waals surface area contributed by atoms with Crippen LogP contribution in [0.15, 0.2) is 57.7 Å². The van der Waals surface area contributed by atoms with Crippen molar-refractivity contribution in [2.24, 2.45) is 0 Å². The van der Waals surface area contributed by atoms with Gasteiger partial charge >= 0.3 is 5.97 Å². The molecule has 5 nitrogen and oxygen atoms in total. The van der Waals surface area contributed by atoms with Crippen molar-refractivity contribution in [1.82, 2.24) is 0 Å². The predicted octanol–water partition coefficient (Wildman–Crippen LogP) is 3.32. The molecule has 0 saturated carbocycles. The number of esters is 1. The van der Waals surface area contributed by atoms with Crippen LogP contribution < -0.4 is 10.2 Å². The Kier molecular flexibility index (Phi) is 4.33. The SMILES string of the molecule is COC(=O)COc1ccc2oc(-c3ccc(C)cc3)cc(=O)c2c1. The summed E-state index contributed by atoms with van der Waals surface area (Å²) in [5.74, 6) is 0.427. The first-order valence-electron chi connectivity index (χ1n) is 7.41. The summed E-state index contributed by atoms with van der Waals surface area (Å²) < 4.78 is 15.6. The van der Waals surface area contributed by atoms with Crippen molar-refractivity contribution in [3.63, 3.8) is 0 Å². The number of carbonyl (C=O) groups is 1. The summed E-state index contributed by atoms with van der Waals surface area (Å²) in [5.41, 5.74) is 2.26. The van der Waals surface area contributed by atoms with Crippen LogP contribution in [0.4, 0.5) is 0 Å². The first-order chi connectivity index (χ1) is 11.6. The minimum atomic E-state index is -0.489. The second-order valence-electron chi connectivity index (χ2n) is 5.36. The van der Waals surface area contributed by atoms with E-state index >= 15 is 0 Å². The number of hydrogen-bond acceptors (Lipinski definition) is 5. The maximum Gasteiger partial charge on any atom is 0.343 e. The molecule has 24 heavy (non-hydrogen) atoms. The van der Waals surface area contributed by atoms with E-state index in [4.69, 9.17) is 9.15 Å². The second kappa shape index (κ2) is 6.58. The van der Waals surface area contributed by atoms with Gasteiger partial charge in [-0.25, -0.2) is 4.79 Å². The number of methoxy groups -OCH3 is 1. The lowest BCUT2D eigenvalue weighted by atomic mass is 10.1. The smallest absolute Gasteiger partial charge is 0.343 e. The third-order valence-corrected chi connectivity index (χ3v) is 3.62. The first-order valence-corrected chi connectivity index (χ1v) is 7.41. The van der Waals surface area contributed by atoms with E-state index in [2.05, 4.69) is 4.74 Å². The molecule has 0 aliphatic carbocycles. The van der Waals surface area contributed by atoms with Crippen molar-refractivity contribution < 1.29 is 18.7 Å². The molecule has 5 heteroatoms. The molecule has 0 spiro atoms. The standard InChI is InChI=1S/C19H16O5/c1-12-3-5-13(6-4-12)18-10-16(20)15-9-14(7-8-17(15)24-18)23-11-19(21)22-2/h3-10H,11H2,1-2H3. The lowest BCUT2D eigenvalue weighted by molar-refractivity contribution is -0.142. The Morgan fingerprint density at radius 3 is 2.54 bits per heavy atom. The Morgan fingerprint density at radius 2 is 1.83 bits per heavy atom. The zero-order valence-electron chi connectivity index (χ0n) is 13.4. The number of fused-ring (bicyclic) bond motifs is 1. The normalized spacial score (nSPS) is 10.6. The highest BCUT2D eigenvalue weighted by atomic mass is 16.6. The molecule has 1 heterocycles. The lowest BCUT2D eigenvalue weighted by Gasteiger charge is -2.07. The molecule has 2 aromatic carbocycles. The fraction of sp³-hybridized carbons (Fsp3) is 0.158. The minimum Gasteiger partial charge on any atom is -0.482 e. The van der Waals surface area contributed by atoms with Gasteiger partial charge in [-0.1, -0.05) is 29.8 Å². The average Bonchev–Trinajstić information content (AvgIpc) is 2.60. The van der Waals surface area contributed by atoms with E-state index in [1.54, 1.807) is 18.2 Å². The Labute approximate surface area is 138 Å². The average molecular weight is 324 g/mol. The molecule has 0 bridgehead atoms. The third kappa shape index (κ3) is 3.30. The highest BCUT2D eigenvalue weighted by molar-refractivity contribution is 5.80. The summed E-state index contributed by atoms with van der Waals surface area (Å²) in [6, 6.07) is 14.1. The summed E-state index contributed by atoms with van der Waals surface area (Å²) in [6.07, 6.45) is 0. The number of benzene rings is 2. The fourth-order valence-electron chi connectivity index (χ4n) is 2.29. The van der Waals surface area contributed by atoms with E-state index in [1.807, 2.05) is 31.2 Å². The van der Waals surface area contributed by atoms with Crippen LogP contribution in [0.3, 0.4) is 0 Å². The molecule has 0 N–H and O–H groups in total. The summed E-state index contributed by atoms with van der Waals surface area (Å²) in [6.45, 7) is 1.78. The number of carbonyl (C=O) groups excluding carboxylic acids is 1. The van der Waals surface area contributed by atoms with E-state index in [0.717, 1.165) is 11.1 Å². The van der Waals surface area contributed by atoms with Crippen LogP contribution in [0, 0.1) is 6.92 Å². The summed E-state index contributed by atoms with van der Waals surface area (Å²) in [5, 5.41) is 0.397. The molecule has 3 rings (SSSR count). The highest BCUT2D eigenvalue weighted by Gasteiger charge is 2.09. The lowest BCUT2D eigenvalue weighted by Crippen LogP contribution is -2.12. The van der Waals surface area contributed by atoms with Crippen LogP contribution in [0.25, 0.3) is 22.3 Å². The number of hydrogen-bond donors (Lipinski definition) is 0. The van der Waals surface area contributed by atoms with Gasteiger partial charge in [0, 0.05) is 11.6 Å². The van der Waals surface area contributed by atoms with Crippen LogP contribution >= 0.6 is 0 Å². The number of ether oxygens (including phenoxy) is 2. The zero-order chi connectivity index (χ0) is 17.1. The van der Waals surface area contributed by atoms with Crippen LogP contribution in [-0.4, -0.2) is 19.7 Å². The molecule has 1 aromatic heterocycles. The van der Waals surface area contributed by atoms with E-state index in [0.29, 0.717) is 22.5 Å². The van der Waals surface area contributed by atoms with Gasteiger partial charge in [0.1, 0.15) is 17.1 Å². The predicted molar refractivity (Wildman–Crippen MR) is 90.2 cm³/mol. The molecule has 0 aliphatic rings.